The first-order chi connectivity index (χ1) is 10.3. The number of halogens is 5. The fourth-order valence-electron chi connectivity index (χ4n) is 2.00. The van der Waals surface area contributed by atoms with Crippen molar-refractivity contribution in [3.05, 3.63) is 52.0 Å². The summed E-state index contributed by atoms with van der Waals surface area (Å²) in [4.78, 5) is 7.16. The van der Waals surface area contributed by atoms with Crippen LogP contribution in [0.2, 0.25) is 10.0 Å². The van der Waals surface area contributed by atoms with Crippen LogP contribution in [0.3, 0.4) is 0 Å². The van der Waals surface area contributed by atoms with Gasteiger partial charge < -0.3 is 10.3 Å². The van der Waals surface area contributed by atoms with E-state index in [1.807, 2.05) is 0 Å². The summed E-state index contributed by atoms with van der Waals surface area (Å²) in [6.07, 6.45) is -4.52. The van der Waals surface area contributed by atoms with E-state index in [1.165, 1.54) is 12.1 Å². The molecule has 0 atom stereocenters. The molecule has 0 saturated carbocycles. The highest BCUT2D eigenvalue weighted by atomic mass is 35.5. The van der Waals surface area contributed by atoms with Crippen LogP contribution in [0.25, 0.3) is 11.0 Å². The zero-order chi connectivity index (χ0) is 15.9. The smallest absolute Gasteiger partial charge is 0.326 e. The number of imidazole rings is 1. The number of aromatic nitrogens is 2. The molecular formula is C14H8Cl2F3N3. The second-order valence-corrected chi connectivity index (χ2v) is 5.41. The number of benzene rings is 2. The molecule has 0 spiro atoms. The van der Waals surface area contributed by atoms with E-state index in [9.17, 15) is 13.2 Å². The van der Waals surface area contributed by atoms with E-state index in [1.54, 1.807) is 18.2 Å². The summed E-state index contributed by atoms with van der Waals surface area (Å²) in [6, 6.07) is 8.63. The third-order valence-corrected chi connectivity index (χ3v) is 3.54. The summed E-state index contributed by atoms with van der Waals surface area (Å²) in [5.74, 6) is 0.313. The maximum absolute atomic E-state index is 12.8. The fraction of sp³-hybridized carbons (Fsp3) is 0.0714. The lowest BCUT2D eigenvalue weighted by molar-refractivity contribution is -0.137. The normalized spacial score (nSPS) is 11.9. The Morgan fingerprint density at radius 2 is 1.82 bits per heavy atom. The molecule has 0 aliphatic carbocycles. The minimum atomic E-state index is -4.52. The standard InChI is InChI=1S/C14H8Cl2F3N3/c15-7-1-4-11-12(5-7)22-13(21-11)20-8-2-3-10(16)9(6-8)14(17,18)19/h1-6H,(H2,20,21,22). The number of H-pyrrole nitrogens is 1. The number of aromatic amines is 1. The second kappa shape index (κ2) is 5.37. The van der Waals surface area contributed by atoms with Crippen molar-refractivity contribution in [3.8, 4) is 0 Å². The zero-order valence-electron chi connectivity index (χ0n) is 10.8. The molecule has 3 nitrogen and oxygen atoms in total. The molecule has 114 valence electrons. The molecule has 0 radical (unpaired) electrons. The summed E-state index contributed by atoms with van der Waals surface area (Å²) in [7, 11) is 0. The Bertz CT molecular complexity index is 843. The van der Waals surface area contributed by atoms with Gasteiger partial charge in [0.1, 0.15) is 0 Å². The average Bonchev–Trinajstić information content (AvgIpc) is 2.81. The number of fused-ring (bicyclic) bond motifs is 1. The van der Waals surface area contributed by atoms with E-state index < -0.39 is 11.7 Å². The van der Waals surface area contributed by atoms with Crippen LogP contribution < -0.4 is 5.32 Å². The molecule has 0 bridgehead atoms. The Hall–Kier alpha value is -1.92. The van der Waals surface area contributed by atoms with Gasteiger partial charge in [-0.25, -0.2) is 4.98 Å². The Morgan fingerprint density at radius 1 is 1.05 bits per heavy atom. The van der Waals surface area contributed by atoms with Gasteiger partial charge >= 0.3 is 6.18 Å². The van der Waals surface area contributed by atoms with Gasteiger partial charge in [-0.15, -0.1) is 0 Å². The maximum Gasteiger partial charge on any atom is 0.417 e. The monoisotopic (exact) mass is 345 g/mol. The van der Waals surface area contributed by atoms with Gasteiger partial charge in [0, 0.05) is 10.7 Å². The summed E-state index contributed by atoms with van der Waals surface area (Å²) in [6.45, 7) is 0. The molecule has 0 fully saturated rings. The SMILES string of the molecule is FC(F)(F)c1cc(Nc2nc3ccc(Cl)cc3[nH]2)ccc1Cl. The van der Waals surface area contributed by atoms with Crippen LogP contribution in [-0.4, -0.2) is 9.97 Å². The maximum atomic E-state index is 12.8. The predicted molar refractivity (Wildman–Crippen MR) is 80.8 cm³/mol. The van der Waals surface area contributed by atoms with Crippen molar-refractivity contribution in [1.82, 2.24) is 9.97 Å². The molecule has 0 unspecified atom stereocenters. The fourth-order valence-corrected chi connectivity index (χ4v) is 2.39. The van der Waals surface area contributed by atoms with E-state index >= 15 is 0 Å². The minimum absolute atomic E-state index is 0.224. The third-order valence-electron chi connectivity index (χ3n) is 2.98. The molecule has 0 aliphatic heterocycles. The quantitative estimate of drug-likeness (QED) is 0.631. The van der Waals surface area contributed by atoms with E-state index in [4.69, 9.17) is 23.2 Å². The Morgan fingerprint density at radius 3 is 2.55 bits per heavy atom. The van der Waals surface area contributed by atoms with Crippen molar-refractivity contribution >= 4 is 45.9 Å². The van der Waals surface area contributed by atoms with Crippen molar-refractivity contribution in [2.24, 2.45) is 0 Å². The molecule has 1 aromatic heterocycles. The Balaban J connectivity index is 1.94. The van der Waals surface area contributed by atoms with Gasteiger partial charge in [-0.2, -0.15) is 13.2 Å². The van der Waals surface area contributed by atoms with Crippen molar-refractivity contribution in [2.45, 2.75) is 6.18 Å². The molecule has 2 N–H and O–H groups in total. The highest BCUT2D eigenvalue weighted by Crippen LogP contribution is 2.36. The summed E-state index contributed by atoms with van der Waals surface area (Å²) >= 11 is 11.4. The Kier molecular flexibility index (Phi) is 3.66. The van der Waals surface area contributed by atoms with E-state index in [0.717, 1.165) is 6.07 Å². The van der Waals surface area contributed by atoms with Crippen LogP contribution in [0.1, 0.15) is 5.56 Å². The minimum Gasteiger partial charge on any atom is -0.326 e. The molecule has 2 aromatic carbocycles. The number of anilines is 2. The number of nitrogens with one attached hydrogen (secondary N) is 2. The molecule has 0 aliphatic rings. The number of rotatable bonds is 2. The first-order valence-electron chi connectivity index (χ1n) is 6.12. The van der Waals surface area contributed by atoms with Gasteiger partial charge in [0.15, 0.2) is 0 Å². The van der Waals surface area contributed by atoms with Gasteiger partial charge in [0.25, 0.3) is 0 Å². The van der Waals surface area contributed by atoms with E-state index in [-0.39, 0.29) is 10.7 Å². The highest BCUT2D eigenvalue weighted by Gasteiger charge is 2.33. The van der Waals surface area contributed by atoms with Gasteiger partial charge in [-0.1, -0.05) is 23.2 Å². The number of hydrogen-bond donors (Lipinski definition) is 2. The molecule has 3 rings (SSSR count). The summed E-state index contributed by atoms with van der Waals surface area (Å²) < 4.78 is 38.5. The van der Waals surface area contributed by atoms with Gasteiger partial charge in [-0.05, 0) is 36.4 Å². The molecule has 22 heavy (non-hydrogen) atoms. The van der Waals surface area contributed by atoms with Crippen LogP contribution >= 0.6 is 23.2 Å². The number of nitrogens with zero attached hydrogens (tertiary/aromatic N) is 1. The van der Waals surface area contributed by atoms with E-state index in [2.05, 4.69) is 15.3 Å². The van der Waals surface area contributed by atoms with Crippen LogP contribution in [0.4, 0.5) is 24.8 Å². The van der Waals surface area contributed by atoms with Crippen LogP contribution in [0.5, 0.6) is 0 Å². The molecule has 1 heterocycles. The molecule has 8 heteroatoms. The average molecular weight is 346 g/mol. The van der Waals surface area contributed by atoms with Gasteiger partial charge in [0.05, 0.1) is 21.6 Å². The second-order valence-electron chi connectivity index (χ2n) is 4.56. The largest absolute Gasteiger partial charge is 0.417 e. The lowest BCUT2D eigenvalue weighted by Crippen LogP contribution is -2.06. The first kappa shape index (κ1) is 15.0. The molecule has 0 amide bonds. The molecular weight excluding hydrogens is 338 g/mol. The third kappa shape index (κ3) is 2.98. The van der Waals surface area contributed by atoms with E-state index in [0.29, 0.717) is 22.0 Å². The van der Waals surface area contributed by atoms with Crippen LogP contribution in [0, 0.1) is 0 Å². The van der Waals surface area contributed by atoms with Crippen LogP contribution in [0.15, 0.2) is 36.4 Å². The zero-order valence-corrected chi connectivity index (χ0v) is 12.3. The number of hydrogen-bond acceptors (Lipinski definition) is 2. The van der Waals surface area contributed by atoms with Crippen LogP contribution in [-0.2, 0) is 6.18 Å². The van der Waals surface area contributed by atoms with Crippen molar-refractivity contribution in [1.29, 1.82) is 0 Å². The van der Waals surface area contributed by atoms with Crippen molar-refractivity contribution < 1.29 is 13.2 Å². The summed E-state index contributed by atoms with van der Waals surface area (Å²) in [5, 5.41) is 2.97. The first-order valence-corrected chi connectivity index (χ1v) is 6.87. The topological polar surface area (TPSA) is 40.7 Å². The summed E-state index contributed by atoms with van der Waals surface area (Å²) in [5.41, 5.74) is 0.650. The molecule has 3 aromatic rings. The van der Waals surface area contributed by atoms with Crippen molar-refractivity contribution in [3.63, 3.8) is 0 Å². The number of alkyl halides is 3. The van der Waals surface area contributed by atoms with Crippen molar-refractivity contribution in [2.75, 3.05) is 5.32 Å². The highest BCUT2D eigenvalue weighted by molar-refractivity contribution is 6.31. The lowest BCUT2D eigenvalue weighted by Gasteiger charge is -2.11. The van der Waals surface area contributed by atoms with Gasteiger partial charge in [-0.3, -0.25) is 0 Å². The van der Waals surface area contributed by atoms with Gasteiger partial charge in [0.2, 0.25) is 5.95 Å². The lowest BCUT2D eigenvalue weighted by atomic mass is 10.2. The molecule has 0 saturated heterocycles. The Labute approximate surface area is 133 Å². The predicted octanol–water partition coefficient (Wildman–Crippen LogP) is 5.63.